The Kier molecular flexibility index (Phi) is 5.46. The smallest absolute Gasteiger partial charge is 0.330 e. The molecule has 18 heavy (non-hydrogen) atoms. The SMILES string of the molecule is CC(C)C(CCN)CCCNC1(C(F)(F)F)CC1. The molecule has 1 rings (SSSR count). The van der Waals surface area contributed by atoms with E-state index < -0.39 is 11.7 Å². The summed E-state index contributed by atoms with van der Waals surface area (Å²) in [6.07, 6.45) is -0.930. The number of halogens is 3. The molecule has 0 aromatic rings. The van der Waals surface area contributed by atoms with Crippen LogP contribution in [0.25, 0.3) is 0 Å². The van der Waals surface area contributed by atoms with Gasteiger partial charge in [0.2, 0.25) is 0 Å². The lowest BCUT2D eigenvalue weighted by atomic mass is 9.88. The van der Waals surface area contributed by atoms with Crippen LogP contribution in [0, 0.1) is 11.8 Å². The summed E-state index contributed by atoms with van der Waals surface area (Å²) in [7, 11) is 0. The van der Waals surface area contributed by atoms with Crippen LogP contribution in [0.3, 0.4) is 0 Å². The minimum Gasteiger partial charge on any atom is -0.330 e. The molecule has 0 aromatic heterocycles. The molecule has 2 nitrogen and oxygen atoms in total. The summed E-state index contributed by atoms with van der Waals surface area (Å²) in [5, 5.41) is 2.69. The molecule has 1 atom stereocenters. The Morgan fingerprint density at radius 3 is 2.22 bits per heavy atom. The molecule has 0 aromatic carbocycles. The molecule has 3 N–H and O–H groups in total. The van der Waals surface area contributed by atoms with E-state index in [9.17, 15) is 13.2 Å². The molecule has 1 aliphatic rings. The van der Waals surface area contributed by atoms with E-state index >= 15 is 0 Å². The highest BCUT2D eigenvalue weighted by molar-refractivity contribution is 5.07. The van der Waals surface area contributed by atoms with Crippen molar-refractivity contribution in [2.24, 2.45) is 17.6 Å². The quantitative estimate of drug-likeness (QED) is 0.663. The lowest BCUT2D eigenvalue weighted by Crippen LogP contribution is -2.45. The van der Waals surface area contributed by atoms with Crippen molar-refractivity contribution in [2.45, 2.75) is 57.7 Å². The molecule has 0 heterocycles. The van der Waals surface area contributed by atoms with Crippen molar-refractivity contribution in [3.05, 3.63) is 0 Å². The first-order chi connectivity index (χ1) is 8.32. The minimum absolute atomic E-state index is 0.229. The monoisotopic (exact) mass is 266 g/mol. The summed E-state index contributed by atoms with van der Waals surface area (Å²) in [5.41, 5.74) is 3.98. The molecule has 1 fully saturated rings. The van der Waals surface area contributed by atoms with Gasteiger partial charge in [0.25, 0.3) is 0 Å². The lowest BCUT2D eigenvalue weighted by molar-refractivity contribution is -0.165. The van der Waals surface area contributed by atoms with Gasteiger partial charge >= 0.3 is 6.18 Å². The zero-order valence-corrected chi connectivity index (χ0v) is 11.3. The lowest BCUT2D eigenvalue weighted by Gasteiger charge is -2.23. The average molecular weight is 266 g/mol. The van der Waals surface area contributed by atoms with Gasteiger partial charge in [-0.3, -0.25) is 0 Å². The highest BCUT2D eigenvalue weighted by Gasteiger charge is 2.62. The summed E-state index contributed by atoms with van der Waals surface area (Å²) in [4.78, 5) is 0. The van der Waals surface area contributed by atoms with Gasteiger partial charge in [-0.05, 0) is 57.0 Å². The van der Waals surface area contributed by atoms with Gasteiger partial charge in [-0.1, -0.05) is 13.8 Å². The van der Waals surface area contributed by atoms with Crippen LogP contribution in [0.2, 0.25) is 0 Å². The molecule has 0 amide bonds. The molecule has 0 radical (unpaired) electrons. The Labute approximate surface area is 107 Å². The first-order valence-corrected chi connectivity index (χ1v) is 6.84. The molecule has 1 saturated carbocycles. The number of rotatable bonds is 8. The fourth-order valence-corrected chi connectivity index (χ4v) is 2.40. The van der Waals surface area contributed by atoms with Crippen LogP contribution in [-0.2, 0) is 0 Å². The van der Waals surface area contributed by atoms with Crippen molar-refractivity contribution in [1.29, 1.82) is 0 Å². The summed E-state index contributed by atoms with van der Waals surface area (Å²) in [6, 6.07) is 0. The predicted molar refractivity (Wildman–Crippen MR) is 67.3 cm³/mol. The summed E-state index contributed by atoms with van der Waals surface area (Å²) >= 11 is 0. The maximum atomic E-state index is 12.7. The Bertz CT molecular complexity index is 247. The minimum atomic E-state index is -4.10. The second kappa shape index (κ2) is 6.24. The molecule has 1 aliphatic carbocycles. The van der Waals surface area contributed by atoms with E-state index in [-0.39, 0.29) is 12.8 Å². The van der Waals surface area contributed by atoms with Crippen molar-refractivity contribution in [3.63, 3.8) is 0 Å². The zero-order valence-electron chi connectivity index (χ0n) is 11.3. The average Bonchev–Trinajstić information content (AvgIpc) is 3.02. The number of alkyl halides is 3. The van der Waals surface area contributed by atoms with E-state index in [4.69, 9.17) is 5.73 Å². The predicted octanol–water partition coefficient (Wildman–Crippen LogP) is 3.07. The van der Waals surface area contributed by atoms with Crippen molar-refractivity contribution < 1.29 is 13.2 Å². The van der Waals surface area contributed by atoms with Crippen molar-refractivity contribution in [1.82, 2.24) is 5.32 Å². The molecule has 0 bridgehead atoms. The first-order valence-electron chi connectivity index (χ1n) is 6.84. The van der Waals surface area contributed by atoms with Gasteiger partial charge < -0.3 is 11.1 Å². The normalized spacial score (nSPS) is 20.2. The fraction of sp³-hybridized carbons (Fsp3) is 1.00. The van der Waals surface area contributed by atoms with Crippen molar-refractivity contribution in [3.8, 4) is 0 Å². The van der Waals surface area contributed by atoms with E-state index in [0.29, 0.717) is 24.9 Å². The summed E-state index contributed by atoms with van der Waals surface area (Å²) in [5.74, 6) is 1.07. The Morgan fingerprint density at radius 1 is 1.22 bits per heavy atom. The standard InChI is InChI=1S/C13H25F3N2/c1-10(2)11(5-8-17)4-3-9-18-12(6-7-12)13(14,15)16/h10-11,18H,3-9,17H2,1-2H3. The fourth-order valence-electron chi connectivity index (χ4n) is 2.40. The molecule has 0 aliphatic heterocycles. The highest BCUT2D eigenvalue weighted by atomic mass is 19.4. The van der Waals surface area contributed by atoms with Gasteiger partial charge in [-0.25, -0.2) is 0 Å². The molecule has 0 spiro atoms. The number of nitrogens with two attached hydrogens (primary N) is 1. The maximum Gasteiger partial charge on any atom is 0.406 e. The van der Waals surface area contributed by atoms with E-state index in [0.717, 1.165) is 19.3 Å². The topological polar surface area (TPSA) is 38.0 Å². The molecular weight excluding hydrogens is 241 g/mol. The molecule has 108 valence electrons. The summed E-state index contributed by atoms with van der Waals surface area (Å²) < 4.78 is 38.0. The van der Waals surface area contributed by atoms with Gasteiger partial charge in [0.15, 0.2) is 0 Å². The third kappa shape index (κ3) is 4.12. The molecule has 5 heteroatoms. The van der Waals surface area contributed by atoms with Crippen LogP contribution in [0.15, 0.2) is 0 Å². The van der Waals surface area contributed by atoms with Crippen LogP contribution in [0.4, 0.5) is 13.2 Å². The Morgan fingerprint density at radius 2 is 1.83 bits per heavy atom. The summed E-state index contributed by atoms with van der Waals surface area (Å²) in [6.45, 7) is 5.40. The van der Waals surface area contributed by atoms with Crippen LogP contribution in [-0.4, -0.2) is 24.8 Å². The molecule has 0 saturated heterocycles. The zero-order chi connectivity index (χ0) is 13.8. The van der Waals surface area contributed by atoms with E-state index in [1.165, 1.54) is 0 Å². The van der Waals surface area contributed by atoms with E-state index in [2.05, 4.69) is 19.2 Å². The van der Waals surface area contributed by atoms with E-state index in [1.807, 2.05) is 0 Å². The van der Waals surface area contributed by atoms with Crippen LogP contribution in [0.1, 0.15) is 46.0 Å². The van der Waals surface area contributed by atoms with Gasteiger partial charge in [-0.15, -0.1) is 0 Å². The number of hydrogen-bond acceptors (Lipinski definition) is 2. The van der Waals surface area contributed by atoms with Gasteiger partial charge in [0.1, 0.15) is 5.54 Å². The number of hydrogen-bond donors (Lipinski definition) is 2. The van der Waals surface area contributed by atoms with Gasteiger partial charge in [0, 0.05) is 0 Å². The second-order valence-corrected chi connectivity index (χ2v) is 5.73. The van der Waals surface area contributed by atoms with Gasteiger partial charge in [-0.2, -0.15) is 13.2 Å². The van der Waals surface area contributed by atoms with Crippen LogP contribution < -0.4 is 11.1 Å². The molecule has 1 unspecified atom stereocenters. The Hall–Kier alpha value is -0.290. The highest BCUT2D eigenvalue weighted by Crippen LogP contribution is 2.48. The van der Waals surface area contributed by atoms with E-state index in [1.54, 1.807) is 0 Å². The van der Waals surface area contributed by atoms with Crippen molar-refractivity contribution in [2.75, 3.05) is 13.1 Å². The first kappa shape index (κ1) is 15.8. The Balaban J connectivity index is 2.22. The largest absolute Gasteiger partial charge is 0.406 e. The van der Waals surface area contributed by atoms with Crippen LogP contribution in [0.5, 0.6) is 0 Å². The number of nitrogens with one attached hydrogen (secondary N) is 1. The third-order valence-electron chi connectivity index (χ3n) is 3.99. The van der Waals surface area contributed by atoms with Crippen molar-refractivity contribution >= 4 is 0 Å². The third-order valence-corrected chi connectivity index (χ3v) is 3.99. The van der Waals surface area contributed by atoms with Crippen LogP contribution >= 0.6 is 0 Å². The second-order valence-electron chi connectivity index (χ2n) is 5.73. The van der Waals surface area contributed by atoms with Gasteiger partial charge in [0.05, 0.1) is 0 Å². The molecular formula is C13H25F3N2. The maximum absolute atomic E-state index is 12.7.